The molecule has 84 valence electrons. The monoisotopic (exact) mass is 215 g/mol. The van der Waals surface area contributed by atoms with Crippen molar-refractivity contribution >= 4 is 0 Å². The van der Waals surface area contributed by atoms with Crippen LogP contribution in [0.1, 0.15) is 31.0 Å². The SMILES string of the molecule is CC(CNCc1cccnc1C#N)C1CC1. The van der Waals surface area contributed by atoms with Crippen LogP contribution in [0.4, 0.5) is 0 Å². The van der Waals surface area contributed by atoms with E-state index < -0.39 is 0 Å². The standard InChI is InChI=1S/C13H17N3/c1-10(11-4-5-11)8-15-9-12-3-2-6-16-13(12)7-14/h2-3,6,10-11,15H,4-5,8-9H2,1H3. The maximum absolute atomic E-state index is 8.88. The lowest BCUT2D eigenvalue weighted by Crippen LogP contribution is -2.22. The van der Waals surface area contributed by atoms with Crippen molar-refractivity contribution in [2.24, 2.45) is 11.8 Å². The van der Waals surface area contributed by atoms with Gasteiger partial charge in [0.15, 0.2) is 0 Å². The van der Waals surface area contributed by atoms with Crippen LogP contribution in [0.5, 0.6) is 0 Å². The highest BCUT2D eigenvalue weighted by atomic mass is 14.9. The van der Waals surface area contributed by atoms with Gasteiger partial charge in [0.1, 0.15) is 11.8 Å². The van der Waals surface area contributed by atoms with Crippen molar-refractivity contribution in [1.29, 1.82) is 5.26 Å². The largest absolute Gasteiger partial charge is 0.312 e. The normalized spacial score (nSPS) is 16.8. The first-order chi connectivity index (χ1) is 7.81. The lowest BCUT2D eigenvalue weighted by Gasteiger charge is -2.11. The van der Waals surface area contributed by atoms with Gasteiger partial charge in [0, 0.05) is 18.3 Å². The minimum Gasteiger partial charge on any atom is -0.312 e. The molecule has 0 saturated heterocycles. The quantitative estimate of drug-likeness (QED) is 0.818. The number of hydrogen-bond donors (Lipinski definition) is 1. The zero-order valence-electron chi connectivity index (χ0n) is 9.61. The molecule has 1 aromatic rings. The summed E-state index contributed by atoms with van der Waals surface area (Å²) < 4.78 is 0. The van der Waals surface area contributed by atoms with Gasteiger partial charge in [0.2, 0.25) is 0 Å². The number of nitrogens with one attached hydrogen (secondary N) is 1. The molecule has 0 spiro atoms. The summed E-state index contributed by atoms with van der Waals surface area (Å²) in [4.78, 5) is 4.04. The zero-order valence-corrected chi connectivity index (χ0v) is 9.61. The third-order valence-electron chi connectivity index (χ3n) is 3.21. The third kappa shape index (κ3) is 2.80. The summed E-state index contributed by atoms with van der Waals surface area (Å²) in [6.07, 6.45) is 4.44. The number of nitriles is 1. The summed E-state index contributed by atoms with van der Waals surface area (Å²) in [6, 6.07) is 5.95. The molecule has 0 bridgehead atoms. The minimum atomic E-state index is 0.536. The number of pyridine rings is 1. The first-order valence-electron chi connectivity index (χ1n) is 5.86. The van der Waals surface area contributed by atoms with Crippen LogP contribution >= 0.6 is 0 Å². The molecule has 0 aromatic carbocycles. The maximum Gasteiger partial charge on any atom is 0.144 e. The van der Waals surface area contributed by atoms with E-state index in [0.717, 1.165) is 30.5 Å². The van der Waals surface area contributed by atoms with Crippen molar-refractivity contribution in [2.45, 2.75) is 26.3 Å². The molecule has 0 amide bonds. The number of hydrogen-bond acceptors (Lipinski definition) is 3. The molecule has 1 saturated carbocycles. The lowest BCUT2D eigenvalue weighted by atomic mass is 10.1. The Morgan fingerprint density at radius 1 is 1.62 bits per heavy atom. The van der Waals surface area contributed by atoms with Gasteiger partial charge in [-0.1, -0.05) is 13.0 Å². The van der Waals surface area contributed by atoms with Gasteiger partial charge in [-0.05, 0) is 37.3 Å². The molecule has 16 heavy (non-hydrogen) atoms. The third-order valence-corrected chi connectivity index (χ3v) is 3.21. The van der Waals surface area contributed by atoms with Gasteiger partial charge in [-0.3, -0.25) is 0 Å². The fourth-order valence-corrected chi connectivity index (χ4v) is 1.95. The molecule has 1 aliphatic carbocycles. The molecule has 1 aromatic heterocycles. The predicted molar refractivity (Wildman–Crippen MR) is 62.5 cm³/mol. The van der Waals surface area contributed by atoms with E-state index in [2.05, 4.69) is 23.3 Å². The van der Waals surface area contributed by atoms with Crippen molar-refractivity contribution in [3.8, 4) is 6.07 Å². The Kier molecular flexibility index (Phi) is 3.53. The summed E-state index contributed by atoms with van der Waals surface area (Å²) >= 11 is 0. The average Bonchev–Trinajstić information content (AvgIpc) is 3.13. The second-order valence-corrected chi connectivity index (χ2v) is 4.57. The van der Waals surface area contributed by atoms with Gasteiger partial charge in [-0.15, -0.1) is 0 Å². The van der Waals surface area contributed by atoms with Crippen LogP contribution in [0.15, 0.2) is 18.3 Å². The Hall–Kier alpha value is -1.40. The Balaban J connectivity index is 1.82. The van der Waals surface area contributed by atoms with Crippen LogP contribution in [0.25, 0.3) is 0 Å². The Bertz CT molecular complexity index is 390. The molecule has 0 aliphatic heterocycles. The predicted octanol–water partition coefficient (Wildman–Crippen LogP) is 2.09. The van der Waals surface area contributed by atoms with Crippen molar-refractivity contribution < 1.29 is 0 Å². The summed E-state index contributed by atoms with van der Waals surface area (Å²) in [5.41, 5.74) is 1.53. The summed E-state index contributed by atoms with van der Waals surface area (Å²) in [5, 5.41) is 12.3. The van der Waals surface area contributed by atoms with E-state index in [-0.39, 0.29) is 0 Å². The van der Waals surface area contributed by atoms with Crippen LogP contribution in [0, 0.1) is 23.2 Å². The molecule has 1 heterocycles. The number of nitrogens with zero attached hydrogens (tertiary/aromatic N) is 2. The van der Waals surface area contributed by atoms with Crippen LogP contribution in [-0.4, -0.2) is 11.5 Å². The Labute approximate surface area is 96.5 Å². The molecule has 1 aliphatic rings. The molecule has 3 heteroatoms. The van der Waals surface area contributed by atoms with Gasteiger partial charge >= 0.3 is 0 Å². The fourth-order valence-electron chi connectivity index (χ4n) is 1.95. The Morgan fingerprint density at radius 2 is 2.44 bits per heavy atom. The second-order valence-electron chi connectivity index (χ2n) is 4.57. The second kappa shape index (κ2) is 5.09. The summed E-state index contributed by atoms with van der Waals surface area (Å²) in [7, 11) is 0. The molecule has 0 radical (unpaired) electrons. The highest BCUT2D eigenvalue weighted by molar-refractivity contribution is 5.30. The van der Waals surface area contributed by atoms with E-state index in [1.54, 1.807) is 6.20 Å². The van der Waals surface area contributed by atoms with Crippen molar-refractivity contribution in [3.05, 3.63) is 29.6 Å². The van der Waals surface area contributed by atoms with Crippen molar-refractivity contribution in [3.63, 3.8) is 0 Å². The number of rotatable bonds is 5. The van der Waals surface area contributed by atoms with E-state index in [0.29, 0.717) is 5.69 Å². The van der Waals surface area contributed by atoms with Crippen molar-refractivity contribution in [2.75, 3.05) is 6.54 Å². The van der Waals surface area contributed by atoms with Crippen LogP contribution in [0.3, 0.4) is 0 Å². The molecule has 1 atom stereocenters. The first kappa shape index (κ1) is 11.1. The molecule has 2 rings (SSSR count). The van der Waals surface area contributed by atoms with Gasteiger partial charge < -0.3 is 5.32 Å². The van der Waals surface area contributed by atoms with E-state index in [9.17, 15) is 0 Å². The lowest BCUT2D eigenvalue weighted by molar-refractivity contribution is 0.461. The van der Waals surface area contributed by atoms with Gasteiger partial charge in [-0.25, -0.2) is 4.98 Å². The molecular formula is C13H17N3. The first-order valence-corrected chi connectivity index (χ1v) is 5.86. The van der Waals surface area contributed by atoms with Gasteiger partial charge in [-0.2, -0.15) is 5.26 Å². The molecule has 1 unspecified atom stereocenters. The molecule has 1 N–H and O–H groups in total. The molecule has 3 nitrogen and oxygen atoms in total. The van der Waals surface area contributed by atoms with Crippen LogP contribution in [-0.2, 0) is 6.54 Å². The zero-order chi connectivity index (χ0) is 11.4. The molecule has 1 fully saturated rings. The highest BCUT2D eigenvalue weighted by Gasteiger charge is 2.27. The van der Waals surface area contributed by atoms with Crippen LogP contribution in [0.2, 0.25) is 0 Å². The van der Waals surface area contributed by atoms with Gasteiger partial charge in [0.25, 0.3) is 0 Å². The maximum atomic E-state index is 8.88. The summed E-state index contributed by atoms with van der Waals surface area (Å²) in [5.74, 6) is 1.68. The number of aromatic nitrogens is 1. The minimum absolute atomic E-state index is 0.536. The van der Waals surface area contributed by atoms with E-state index in [1.807, 2.05) is 12.1 Å². The fraction of sp³-hybridized carbons (Fsp3) is 0.538. The topological polar surface area (TPSA) is 48.7 Å². The van der Waals surface area contributed by atoms with E-state index >= 15 is 0 Å². The highest BCUT2D eigenvalue weighted by Crippen LogP contribution is 2.36. The van der Waals surface area contributed by atoms with E-state index in [1.165, 1.54) is 12.8 Å². The summed E-state index contributed by atoms with van der Waals surface area (Å²) in [6.45, 7) is 4.07. The average molecular weight is 215 g/mol. The smallest absolute Gasteiger partial charge is 0.144 e. The van der Waals surface area contributed by atoms with Gasteiger partial charge in [0.05, 0.1) is 0 Å². The van der Waals surface area contributed by atoms with Crippen LogP contribution < -0.4 is 5.32 Å². The van der Waals surface area contributed by atoms with E-state index in [4.69, 9.17) is 5.26 Å². The van der Waals surface area contributed by atoms with Crippen molar-refractivity contribution in [1.82, 2.24) is 10.3 Å². The molecular weight excluding hydrogens is 198 g/mol. The Morgan fingerprint density at radius 3 is 3.12 bits per heavy atom.